The van der Waals surface area contributed by atoms with Crippen molar-refractivity contribution in [2.75, 3.05) is 10.5 Å². The minimum absolute atomic E-state index is 0.134. The molecule has 0 spiro atoms. The molecule has 0 amide bonds. The van der Waals surface area contributed by atoms with Crippen molar-refractivity contribution in [3.05, 3.63) is 71.3 Å². The van der Waals surface area contributed by atoms with Crippen LogP contribution in [0.5, 0.6) is 0 Å². The van der Waals surface area contributed by atoms with Crippen LogP contribution < -0.4 is 4.72 Å². The van der Waals surface area contributed by atoms with E-state index in [1.165, 1.54) is 18.6 Å². The fraction of sp³-hybridized carbons (Fsp3) is 0.136. The molecule has 0 fully saturated rings. The second-order valence-corrected chi connectivity index (χ2v) is 9.10. The molecule has 0 saturated heterocycles. The molecule has 3 heterocycles. The zero-order valence-corrected chi connectivity index (χ0v) is 18.4. The van der Waals surface area contributed by atoms with Crippen molar-refractivity contribution in [3.8, 4) is 17.2 Å². The first-order chi connectivity index (χ1) is 16.3. The lowest BCUT2D eigenvalue weighted by atomic mass is 10.0. The average Bonchev–Trinajstić information content (AvgIpc) is 3.24. The number of benzene rings is 1. The Labute approximate surface area is 192 Å². The predicted octanol–water partition coefficient (Wildman–Crippen LogP) is 3.55. The molecule has 0 atom stereocenters. The van der Waals surface area contributed by atoms with Gasteiger partial charge in [0.25, 0.3) is 0 Å². The molecule has 0 saturated carbocycles. The van der Waals surface area contributed by atoms with Crippen molar-refractivity contribution in [1.29, 1.82) is 5.26 Å². The van der Waals surface area contributed by atoms with Crippen LogP contribution in [0.15, 0.2) is 42.9 Å². The zero-order valence-electron chi connectivity index (χ0n) is 17.6. The number of sulfonamides is 1. The van der Waals surface area contributed by atoms with Crippen molar-refractivity contribution in [3.63, 3.8) is 0 Å². The smallest absolute Gasteiger partial charge is 0.232 e. The maximum absolute atomic E-state index is 15.1. The number of hydrogen-bond donors (Lipinski definition) is 2. The summed E-state index contributed by atoms with van der Waals surface area (Å²) in [6.07, 6.45) is 4.58. The number of nitrogens with one attached hydrogen (secondary N) is 2. The molecule has 0 radical (unpaired) electrons. The van der Waals surface area contributed by atoms with Crippen molar-refractivity contribution >= 4 is 32.5 Å². The molecule has 0 aliphatic rings. The monoisotopic (exact) mass is 482 g/mol. The number of hydrogen-bond acceptors (Lipinski definition) is 7. The Morgan fingerprint density at radius 3 is 2.76 bits per heavy atom. The average molecular weight is 482 g/mol. The number of anilines is 1. The van der Waals surface area contributed by atoms with Gasteiger partial charge in [0.1, 0.15) is 23.3 Å². The SMILES string of the molecule is CCCS(=O)(=O)Nc1c(F)ccc(C(=O)c2[nH]nc3ncc(-c4ccncc4C#N)cc23)c1F. The number of ketones is 1. The van der Waals surface area contributed by atoms with Crippen LogP contribution in [0.1, 0.15) is 35.0 Å². The Bertz CT molecular complexity index is 1580. The predicted molar refractivity (Wildman–Crippen MR) is 119 cm³/mol. The summed E-state index contributed by atoms with van der Waals surface area (Å²) >= 11 is 0. The number of nitrogens with zero attached hydrogens (tertiary/aromatic N) is 4. The number of rotatable bonds is 7. The Hall–Kier alpha value is -4.24. The van der Waals surface area contributed by atoms with Gasteiger partial charge in [0.2, 0.25) is 15.8 Å². The molecule has 4 rings (SSSR count). The maximum atomic E-state index is 15.1. The van der Waals surface area contributed by atoms with Crippen molar-refractivity contribution in [1.82, 2.24) is 20.2 Å². The summed E-state index contributed by atoms with van der Waals surface area (Å²) in [5.41, 5.74) is -0.170. The lowest BCUT2D eigenvalue weighted by Crippen LogP contribution is -2.19. The van der Waals surface area contributed by atoms with Crippen molar-refractivity contribution in [2.24, 2.45) is 0 Å². The Kier molecular flexibility index (Phi) is 6.04. The number of carbonyl (C=O) groups is 1. The van der Waals surface area contributed by atoms with E-state index in [0.29, 0.717) is 11.1 Å². The highest BCUT2D eigenvalue weighted by Gasteiger charge is 2.25. The number of nitriles is 1. The number of carbonyl (C=O) groups excluding carboxylic acids is 1. The molecular formula is C22H16F2N6O3S. The molecule has 3 aromatic heterocycles. The second-order valence-electron chi connectivity index (χ2n) is 7.26. The fourth-order valence-electron chi connectivity index (χ4n) is 3.39. The number of fused-ring (bicyclic) bond motifs is 1. The van der Waals surface area contributed by atoms with Crippen LogP contribution in [0.3, 0.4) is 0 Å². The van der Waals surface area contributed by atoms with E-state index in [0.717, 1.165) is 12.1 Å². The maximum Gasteiger partial charge on any atom is 0.232 e. The molecular weight excluding hydrogens is 466 g/mol. The van der Waals surface area contributed by atoms with E-state index in [9.17, 15) is 22.9 Å². The lowest BCUT2D eigenvalue weighted by Gasteiger charge is -2.11. The van der Waals surface area contributed by atoms with Gasteiger partial charge >= 0.3 is 0 Å². The molecule has 0 aliphatic carbocycles. The Morgan fingerprint density at radius 1 is 1.24 bits per heavy atom. The van der Waals surface area contributed by atoms with Gasteiger partial charge in [-0.1, -0.05) is 6.92 Å². The first kappa shape index (κ1) is 22.9. The standard InChI is InChI=1S/C22H16F2N6O3S/c1-2-7-34(32,33)30-20-17(23)4-3-15(18(20)24)21(31)19-16-8-12(11-27-22(16)29-28-19)14-5-6-26-10-13(14)9-25/h3-6,8,10-11,30H,2,7H2,1H3,(H,27,28,29). The van der Waals surface area contributed by atoms with E-state index in [1.54, 1.807) is 19.1 Å². The summed E-state index contributed by atoms with van der Waals surface area (Å²) in [4.78, 5) is 21.3. The highest BCUT2D eigenvalue weighted by atomic mass is 32.2. The summed E-state index contributed by atoms with van der Waals surface area (Å²) < 4.78 is 55.3. The minimum atomic E-state index is -4.01. The first-order valence-corrected chi connectivity index (χ1v) is 11.6. The summed E-state index contributed by atoms with van der Waals surface area (Å²) in [6, 6.07) is 6.92. The van der Waals surface area contributed by atoms with Gasteiger partial charge < -0.3 is 0 Å². The van der Waals surface area contributed by atoms with Gasteiger partial charge in [0.15, 0.2) is 11.5 Å². The molecule has 0 unspecified atom stereocenters. The number of halogens is 2. The van der Waals surface area contributed by atoms with Crippen LogP contribution in [-0.4, -0.2) is 40.1 Å². The van der Waals surface area contributed by atoms with Crippen molar-refractivity contribution in [2.45, 2.75) is 13.3 Å². The van der Waals surface area contributed by atoms with E-state index in [1.807, 2.05) is 10.8 Å². The largest absolute Gasteiger partial charge is 0.287 e. The molecule has 0 aliphatic heterocycles. The molecule has 9 nitrogen and oxygen atoms in total. The zero-order chi connectivity index (χ0) is 24.5. The highest BCUT2D eigenvalue weighted by molar-refractivity contribution is 7.92. The van der Waals surface area contributed by atoms with Gasteiger partial charge in [-0.3, -0.25) is 19.6 Å². The normalized spacial score (nSPS) is 11.4. The number of pyridine rings is 2. The van der Waals surface area contributed by atoms with Crippen LogP contribution in [0.4, 0.5) is 14.5 Å². The molecule has 12 heteroatoms. The van der Waals surface area contributed by atoms with Gasteiger partial charge in [-0.2, -0.15) is 10.4 Å². The first-order valence-electron chi connectivity index (χ1n) is 9.97. The van der Waals surface area contributed by atoms with Gasteiger partial charge in [-0.05, 0) is 30.7 Å². The van der Waals surface area contributed by atoms with Crippen LogP contribution >= 0.6 is 0 Å². The minimum Gasteiger partial charge on any atom is -0.287 e. The van der Waals surface area contributed by atoms with Crippen LogP contribution in [0, 0.1) is 23.0 Å². The van der Waals surface area contributed by atoms with Gasteiger partial charge in [0.05, 0.1) is 22.3 Å². The van der Waals surface area contributed by atoms with E-state index >= 15 is 4.39 Å². The quantitative estimate of drug-likeness (QED) is 0.384. The van der Waals surface area contributed by atoms with Gasteiger partial charge in [-0.15, -0.1) is 0 Å². The third-order valence-corrected chi connectivity index (χ3v) is 6.42. The number of aromatic amines is 1. The Balaban J connectivity index is 1.80. The van der Waals surface area contributed by atoms with E-state index < -0.39 is 38.7 Å². The van der Waals surface area contributed by atoms with E-state index in [4.69, 9.17) is 0 Å². The lowest BCUT2D eigenvalue weighted by molar-refractivity contribution is 0.103. The summed E-state index contributed by atoms with van der Waals surface area (Å²) in [6.45, 7) is 1.60. The summed E-state index contributed by atoms with van der Waals surface area (Å²) in [5, 5.41) is 16.0. The molecule has 34 heavy (non-hydrogen) atoms. The molecule has 4 aromatic rings. The van der Waals surface area contributed by atoms with Crippen LogP contribution in [0.25, 0.3) is 22.2 Å². The fourth-order valence-corrected chi connectivity index (χ4v) is 4.52. The molecule has 2 N–H and O–H groups in total. The molecule has 0 bridgehead atoms. The topological polar surface area (TPSA) is 141 Å². The third-order valence-electron chi connectivity index (χ3n) is 4.96. The molecule has 172 valence electrons. The summed E-state index contributed by atoms with van der Waals surface area (Å²) in [7, 11) is -4.01. The van der Waals surface area contributed by atoms with Gasteiger partial charge in [0, 0.05) is 29.7 Å². The third kappa shape index (κ3) is 4.20. The highest BCUT2D eigenvalue weighted by Crippen LogP contribution is 2.29. The van der Waals surface area contributed by atoms with E-state index in [-0.39, 0.29) is 34.5 Å². The van der Waals surface area contributed by atoms with Crippen LogP contribution in [0.2, 0.25) is 0 Å². The van der Waals surface area contributed by atoms with E-state index in [2.05, 4.69) is 20.2 Å². The second kappa shape index (κ2) is 8.95. The van der Waals surface area contributed by atoms with Gasteiger partial charge in [-0.25, -0.2) is 22.2 Å². The molecule has 1 aromatic carbocycles. The summed E-state index contributed by atoms with van der Waals surface area (Å²) in [5.74, 6) is -3.74. The van der Waals surface area contributed by atoms with Crippen molar-refractivity contribution < 1.29 is 22.0 Å². The van der Waals surface area contributed by atoms with Crippen LogP contribution in [-0.2, 0) is 10.0 Å². The number of H-pyrrole nitrogens is 1. The number of aromatic nitrogens is 4. The Morgan fingerprint density at radius 2 is 2.03 bits per heavy atom.